The molecule has 0 spiro atoms. The van der Waals surface area contributed by atoms with Crippen molar-refractivity contribution in [3.8, 4) is 5.75 Å². The van der Waals surface area contributed by atoms with E-state index in [1.807, 2.05) is 6.07 Å². The molecule has 4 nitrogen and oxygen atoms in total. The second kappa shape index (κ2) is 6.98. The third kappa shape index (κ3) is 3.33. The van der Waals surface area contributed by atoms with Gasteiger partial charge in [0.05, 0.1) is 5.56 Å². The van der Waals surface area contributed by atoms with Crippen LogP contribution in [0.2, 0.25) is 0 Å². The Kier molecular flexibility index (Phi) is 4.65. The first kappa shape index (κ1) is 18.0. The zero-order chi connectivity index (χ0) is 19.1. The van der Waals surface area contributed by atoms with Crippen molar-refractivity contribution in [2.75, 3.05) is 10.2 Å². The second-order valence-corrected chi connectivity index (χ2v) is 7.93. The summed E-state index contributed by atoms with van der Waals surface area (Å²) in [5.74, 6) is -0.706. The highest BCUT2D eigenvalue weighted by molar-refractivity contribution is 9.10. The number of phenols is 1. The average Bonchev–Trinajstić information content (AvgIpc) is 2.64. The minimum absolute atomic E-state index is 0.0328. The van der Waals surface area contributed by atoms with E-state index in [1.54, 1.807) is 42.5 Å². The van der Waals surface area contributed by atoms with E-state index in [4.69, 9.17) is 0 Å². The van der Waals surface area contributed by atoms with Gasteiger partial charge in [0.1, 0.15) is 17.7 Å². The molecule has 0 saturated heterocycles. The first-order valence-corrected chi connectivity index (χ1v) is 9.66. The number of halogens is 3. The normalized spacial score (nSPS) is 16.0. The summed E-state index contributed by atoms with van der Waals surface area (Å²) < 4.78 is 15.4. The van der Waals surface area contributed by atoms with Crippen molar-refractivity contribution in [2.24, 2.45) is 0 Å². The van der Waals surface area contributed by atoms with E-state index in [0.29, 0.717) is 22.5 Å². The Morgan fingerprint density at radius 3 is 2.52 bits per heavy atom. The topological polar surface area (TPSA) is 52.6 Å². The maximum atomic E-state index is 13.9. The summed E-state index contributed by atoms with van der Waals surface area (Å²) in [6.45, 7) is 0. The molecule has 1 heterocycles. The fraction of sp³-hybridized carbons (Fsp3) is 0.0500. The van der Waals surface area contributed by atoms with E-state index in [1.165, 1.54) is 17.0 Å². The molecule has 0 aromatic heterocycles. The molecule has 27 heavy (non-hydrogen) atoms. The molecule has 0 bridgehead atoms. The van der Waals surface area contributed by atoms with Crippen molar-refractivity contribution >= 4 is 49.1 Å². The molecule has 1 aliphatic heterocycles. The maximum Gasteiger partial charge on any atom is 0.262 e. The first-order chi connectivity index (χ1) is 12.9. The van der Waals surface area contributed by atoms with Crippen LogP contribution >= 0.6 is 31.9 Å². The van der Waals surface area contributed by atoms with Gasteiger partial charge >= 0.3 is 0 Å². The fourth-order valence-corrected chi connectivity index (χ4v) is 3.87. The van der Waals surface area contributed by atoms with Crippen molar-refractivity contribution in [2.45, 2.75) is 6.17 Å². The SMILES string of the molecule is O=C1c2cc(Br)ccc2NC(c2cc(Br)ccc2O)N1c1cccc(F)c1. The quantitative estimate of drug-likeness (QED) is 0.474. The van der Waals surface area contributed by atoms with Gasteiger partial charge in [-0.2, -0.15) is 0 Å². The summed E-state index contributed by atoms with van der Waals surface area (Å²) in [5, 5.41) is 13.7. The highest BCUT2D eigenvalue weighted by atomic mass is 79.9. The number of rotatable bonds is 2. The Morgan fingerprint density at radius 2 is 1.74 bits per heavy atom. The minimum Gasteiger partial charge on any atom is -0.508 e. The Labute approximate surface area is 171 Å². The van der Waals surface area contributed by atoms with Crippen LogP contribution in [0.4, 0.5) is 15.8 Å². The van der Waals surface area contributed by atoms with Gasteiger partial charge in [0.2, 0.25) is 0 Å². The molecule has 4 rings (SSSR count). The Bertz CT molecular complexity index is 1060. The monoisotopic (exact) mass is 490 g/mol. The van der Waals surface area contributed by atoms with Crippen molar-refractivity contribution in [3.63, 3.8) is 0 Å². The number of carbonyl (C=O) groups excluding carboxylic acids is 1. The van der Waals surface area contributed by atoms with Gasteiger partial charge < -0.3 is 10.4 Å². The maximum absolute atomic E-state index is 13.9. The number of amides is 1. The molecule has 2 N–H and O–H groups in total. The summed E-state index contributed by atoms with van der Waals surface area (Å²) in [4.78, 5) is 14.8. The van der Waals surface area contributed by atoms with Gasteiger partial charge in [-0.05, 0) is 54.6 Å². The molecule has 3 aromatic rings. The van der Waals surface area contributed by atoms with E-state index in [9.17, 15) is 14.3 Å². The molecule has 7 heteroatoms. The van der Waals surface area contributed by atoms with Crippen LogP contribution in [0.15, 0.2) is 69.6 Å². The van der Waals surface area contributed by atoms with E-state index >= 15 is 0 Å². The summed E-state index contributed by atoms with van der Waals surface area (Å²) >= 11 is 6.78. The van der Waals surface area contributed by atoms with E-state index in [-0.39, 0.29) is 11.7 Å². The molecular formula is C20H13Br2FN2O2. The van der Waals surface area contributed by atoms with Gasteiger partial charge in [0.25, 0.3) is 5.91 Å². The molecule has 0 radical (unpaired) electrons. The van der Waals surface area contributed by atoms with Crippen LogP contribution in [-0.2, 0) is 0 Å². The zero-order valence-electron chi connectivity index (χ0n) is 13.8. The van der Waals surface area contributed by atoms with Crippen molar-refractivity contribution < 1.29 is 14.3 Å². The molecule has 136 valence electrons. The summed E-state index contributed by atoms with van der Waals surface area (Å²) in [6, 6.07) is 16.2. The second-order valence-electron chi connectivity index (χ2n) is 6.09. The van der Waals surface area contributed by atoms with E-state index in [2.05, 4.69) is 37.2 Å². The van der Waals surface area contributed by atoms with Crippen molar-refractivity contribution in [1.82, 2.24) is 0 Å². The van der Waals surface area contributed by atoms with Crippen LogP contribution in [0.25, 0.3) is 0 Å². The molecule has 0 saturated carbocycles. The fourth-order valence-electron chi connectivity index (χ4n) is 3.13. The molecule has 1 aliphatic rings. The molecular weight excluding hydrogens is 479 g/mol. The molecule has 1 amide bonds. The number of fused-ring (bicyclic) bond motifs is 1. The minimum atomic E-state index is -0.703. The number of hydrogen-bond donors (Lipinski definition) is 2. The van der Waals surface area contributed by atoms with Crippen LogP contribution in [0.1, 0.15) is 22.1 Å². The smallest absolute Gasteiger partial charge is 0.262 e. The lowest BCUT2D eigenvalue weighted by Gasteiger charge is -2.38. The number of nitrogens with zero attached hydrogens (tertiary/aromatic N) is 1. The standard InChI is InChI=1S/C20H13Br2FN2O2/c21-11-4-6-17-15(8-11)20(27)25(14-3-1-2-13(23)10-14)19(24-17)16-9-12(22)5-7-18(16)26/h1-10,19,24,26H. The lowest BCUT2D eigenvalue weighted by molar-refractivity contribution is 0.0974. The van der Waals surface area contributed by atoms with Gasteiger partial charge in [-0.1, -0.05) is 37.9 Å². The van der Waals surface area contributed by atoms with E-state index in [0.717, 1.165) is 8.95 Å². The number of aromatic hydroxyl groups is 1. The van der Waals surface area contributed by atoms with Crippen LogP contribution in [-0.4, -0.2) is 11.0 Å². The van der Waals surface area contributed by atoms with Gasteiger partial charge in [-0.25, -0.2) is 4.39 Å². The van der Waals surface area contributed by atoms with Gasteiger partial charge in [0.15, 0.2) is 0 Å². The molecule has 1 unspecified atom stereocenters. The number of nitrogens with one attached hydrogen (secondary N) is 1. The van der Waals surface area contributed by atoms with Gasteiger partial charge in [0, 0.05) is 25.9 Å². The highest BCUT2D eigenvalue weighted by Crippen LogP contribution is 2.40. The first-order valence-electron chi connectivity index (χ1n) is 8.07. The van der Waals surface area contributed by atoms with Crippen LogP contribution in [0, 0.1) is 5.82 Å². The Hall–Kier alpha value is -2.38. The van der Waals surface area contributed by atoms with Gasteiger partial charge in [-0.15, -0.1) is 0 Å². The predicted molar refractivity (Wildman–Crippen MR) is 110 cm³/mol. The van der Waals surface area contributed by atoms with Crippen LogP contribution < -0.4 is 10.2 Å². The summed E-state index contributed by atoms with van der Waals surface area (Å²) in [5.41, 5.74) is 1.98. The van der Waals surface area contributed by atoms with Gasteiger partial charge in [-0.3, -0.25) is 9.69 Å². The number of phenolic OH excluding ortho intramolecular Hbond substituents is 1. The lowest BCUT2D eigenvalue weighted by Crippen LogP contribution is -2.43. The molecule has 0 fully saturated rings. The summed E-state index contributed by atoms with van der Waals surface area (Å²) in [7, 11) is 0. The molecule has 1 atom stereocenters. The average molecular weight is 492 g/mol. The highest BCUT2D eigenvalue weighted by Gasteiger charge is 2.35. The number of benzene rings is 3. The number of hydrogen-bond acceptors (Lipinski definition) is 3. The Morgan fingerprint density at radius 1 is 1.00 bits per heavy atom. The third-order valence-electron chi connectivity index (χ3n) is 4.35. The largest absolute Gasteiger partial charge is 0.508 e. The zero-order valence-corrected chi connectivity index (χ0v) is 17.0. The van der Waals surface area contributed by atoms with Crippen molar-refractivity contribution in [1.29, 1.82) is 0 Å². The van der Waals surface area contributed by atoms with E-state index < -0.39 is 12.0 Å². The predicted octanol–water partition coefficient (Wildman–Crippen LogP) is 5.83. The molecule has 3 aromatic carbocycles. The number of anilines is 2. The molecule has 0 aliphatic carbocycles. The lowest BCUT2D eigenvalue weighted by atomic mass is 10.0. The Balaban J connectivity index is 1.92. The number of carbonyl (C=O) groups is 1. The van der Waals surface area contributed by atoms with Crippen LogP contribution in [0.3, 0.4) is 0 Å². The van der Waals surface area contributed by atoms with Crippen molar-refractivity contribution in [3.05, 3.63) is 86.6 Å². The van der Waals surface area contributed by atoms with Crippen LogP contribution in [0.5, 0.6) is 5.75 Å². The third-order valence-corrected chi connectivity index (χ3v) is 5.34. The summed E-state index contributed by atoms with van der Waals surface area (Å²) in [6.07, 6.45) is -0.703.